The smallest absolute Gasteiger partial charge is 0.308 e. The topological polar surface area (TPSA) is 110 Å². The number of anilines is 1. The molecular formula is C12H14N2O6S2. The van der Waals surface area contributed by atoms with Crippen LogP contribution in [-0.2, 0) is 14.8 Å². The highest BCUT2D eigenvalue weighted by Crippen LogP contribution is 2.48. The minimum Gasteiger partial charge on any atom is -0.501 e. The largest absolute Gasteiger partial charge is 0.501 e. The molecule has 0 aromatic carbocycles. The highest BCUT2D eigenvalue weighted by molar-refractivity contribution is 7.92. The Morgan fingerprint density at radius 2 is 2.23 bits per heavy atom. The first-order valence-corrected chi connectivity index (χ1v) is 8.67. The van der Waals surface area contributed by atoms with Crippen LogP contribution in [0.15, 0.2) is 16.0 Å². The van der Waals surface area contributed by atoms with Crippen molar-refractivity contribution in [2.45, 2.75) is 13.8 Å². The fourth-order valence-corrected chi connectivity index (χ4v) is 3.02. The summed E-state index contributed by atoms with van der Waals surface area (Å²) in [6, 6.07) is 0. The number of thiazole rings is 1. The maximum absolute atomic E-state index is 12.0. The van der Waals surface area contributed by atoms with E-state index in [9.17, 15) is 18.3 Å². The van der Waals surface area contributed by atoms with Crippen molar-refractivity contribution in [1.29, 1.82) is 0 Å². The van der Waals surface area contributed by atoms with Crippen molar-refractivity contribution in [3.05, 3.63) is 11.6 Å². The van der Waals surface area contributed by atoms with E-state index in [1.807, 2.05) is 0 Å². The number of aromatic hydroxyl groups is 1. The predicted molar refractivity (Wildman–Crippen MR) is 80.7 cm³/mol. The Labute approximate surface area is 131 Å². The summed E-state index contributed by atoms with van der Waals surface area (Å²) in [7, 11) is -2.42. The number of sulfonamides is 1. The van der Waals surface area contributed by atoms with Gasteiger partial charge in [-0.2, -0.15) is 0 Å². The lowest BCUT2D eigenvalue weighted by atomic mass is 10.4. The van der Waals surface area contributed by atoms with Crippen LogP contribution in [0.2, 0.25) is 0 Å². The van der Waals surface area contributed by atoms with Gasteiger partial charge in [0.05, 0.1) is 5.75 Å². The zero-order chi connectivity index (χ0) is 16.5. The van der Waals surface area contributed by atoms with Gasteiger partial charge in [0, 0.05) is 25.5 Å². The Morgan fingerprint density at radius 3 is 2.73 bits per heavy atom. The van der Waals surface area contributed by atoms with E-state index in [-0.39, 0.29) is 23.1 Å². The number of furan rings is 1. The molecule has 0 aliphatic rings. The molecule has 1 N–H and O–H groups in total. The van der Waals surface area contributed by atoms with Crippen molar-refractivity contribution in [3.8, 4) is 22.3 Å². The molecule has 0 saturated carbocycles. The van der Waals surface area contributed by atoms with E-state index < -0.39 is 21.7 Å². The van der Waals surface area contributed by atoms with E-state index >= 15 is 0 Å². The summed E-state index contributed by atoms with van der Waals surface area (Å²) >= 11 is 1.18. The predicted octanol–water partition coefficient (Wildman–Crippen LogP) is 1.82. The number of hydrogen-bond acceptors (Lipinski definition) is 8. The van der Waals surface area contributed by atoms with Gasteiger partial charge in [-0.3, -0.25) is 4.79 Å². The molecule has 0 bridgehead atoms. The average Bonchev–Trinajstić information content (AvgIpc) is 3.07. The molecular weight excluding hydrogens is 332 g/mol. The van der Waals surface area contributed by atoms with E-state index in [0.29, 0.717) is 5.01 Å². The molecule has 2 aromatic heterocycles. The molecule has 0 fully saturated rings. The number of ether oxygens (including phenoxy) is 1. The van der Waals surface area contributed by atoms with Gasteiger partial charge >= 0.3 is 5.97 Å². The summed E-state index contributed by atoms with van der Waals surface area (Å²) in [5, 5.41) is 12.2. The summed E-state index contributed by atoms with van der Waals surface area (Å²) in [4.78, 5) is 15.2. The van der Waals surface area contributed by atoms with Crippen LogP contribution in [0.3, 0.4) is 0 Å². The Bertz CT molecular complexity index is 779. The summed E-state index contributed by atoms with van der Waals surface area (Å²) in [5.41, 5.74) is 0. The van der Waals surface area contributed by atoms with Crippen molar-refractivity contribution < 1.29 is 27.5 Å². The summed E-state index contributed by atoms with van der Waals surface area (Å²) in [6.07, 6.45) is 1.50. The molecule has 0 aliphatic carbocycles. The van der Waals surface area contributed by atoms with E-state index in [4.69, 9.17) is 9.15 Å². The molecule has 0 amide bonds. The molecule has 0 spiro atoms. The van der Waals surface area contributed by atoms with Crippen LogP contribution in [0.4, 0.5) is 5.88 Å². The first-order valence-electron chi connectivity index (χ1n) is 6.18. The van der Waals surface area contributed by atoms with E-state index in [1.165, 1.54) is 31.5 Å². The van der Waals surface area contributed by atoms with Crippen LogP contribution in [0.25, 0.3) is 10.8 Å². The Kier molecular flexibility index (Phi) is 4.42. The van der Waals surface area contributed by atoms with Gasteiger partial charge in [0.1, 0.15) is 0 Å². The van der Waals surface area contributed by atoms with Crippen LogP contribution in [0, 0.1) is 0 Å². The number of carbonyl (C=O) groups excluding carboxylic acids is 1. The number of aromatic nitrogens is 1. The van der Waals surface area contributed by atoms with E-state index in [0.717, 1.165) is 11.2 Å². The Hall–Kier alpha value is -2.07. The average molecular weight is 346 g/mol. The molecule has 0 saturated heterocycles. The number of hydrogen-bond donors (Lipinski definition) is 1. The quantitative estimate of drug-likeness (QED) is 0.822. The molecule has 8 nitrogen and oxygen atoms in total. The second kappa shape index (κ2) is 5.97. The van der Waals surface area contributed by atoms with Crippen molar-refractivity contribution in [2.24, 2.45) is 0 Å². The minimum atomic E-state index is -3.66. The lowest BCUT2D eigenvalue weighted by molar-refractivity contribution is -0.132. The third-order valence-electron chi connectivity index (χ3n) is 2.76. The molecule has 0 unspecified atom stereocenters. The van der Waals surface area contributed by atoms with Gasteiger partial charge in [-0.25, -0.2) is 17.7 Å². The lowest BCUT2D eigenvalue weighted by Gasteiger charge is -2.16. The number of rotatable bonds is 5. The fourth-order valence-electron chi connectivity index (χ4n) is 1.64. The maximum Gasteiger partial charge on any atom is 0.308 e. The van der Waals surface area contributed by atoms with Gasteiger partial charge in [-0.1, -0.05) is 0 Å². The van der Waals surface area contributed by atoms with Gasteiger partial charge in [0.15, 0.2) is 5.01 Å². The van der Waals surface area contributed by atoms with E-state index in [2.05, 4.69) is 4.98 Å². The normalized spacial score (nSPS) is 11.4. The zero-order valence-corrected chi connectivity index (χ0v) is 13.7. The molecule has 0 atom stereocenters. The molecule has 0 radical (unpaired) electrons. The van der Waals surface area contributed by atoms with Crippen molar-refractivity contribution in [1.82, 2.24) is 4.98 Å². The summed E-state index contributed by atoms with van der Waals surface area (Å²) in [6.45, 7) is 2.59. The Balaban J connectivity index is 2.62. The first-order chi connectivity index (χ1) is 10.3. The van der Waals surface area contributed by atoms with Gasteiger partial charge in [-0.05, 0) is 6.92 Å². The number of esters is 1. The maximum atomic E-state index is 12.0. The fraction of sp³-hybridized carbons (Fsp3) is 0.333. The SMILES string of the molecule is CCS(=O)(=O)N(C)c1oc(-c2nccs2)c(O)c1OC(C)=O. The van der Waals surface area contributed by atoms with Crippen LogP contribution in [-0.4, -0.2) is 37.3 Å². The molecule has 0 aliphatic heterocycles. The van der Waals surface area contributed by atoms with Gasteiger partial charge in [0.25, 0.3) is 5.88 Å². The molecule has 2 rings (SSSR count). The molecule has 2 heterocycles. The van der Waals surface area contributed by atoms with E-state index in [1.54, 1.807) is 5.38 Å². The van der Waals surface area contributed by atoms with Crippen molar-refractivity contribution in [2.75, 3.05) is 17.1 Å². The summed E-state index contributed by atoms with van der Waals surface area (Å²) in [5.74, 6) is -2.06. The van der Waals surface area contributed by atoms with Crippen molar-refractivity contribution >= 4 is 33.2 Å². The number of nitrogens with zero attached hydrogens (tertiary/aromatic N) is 2. The molecule has 10 heteroatoms. The minimum absolute atomic E-state index is 0.0561. The standard InChI is InChI=1S/C12H14N2O6S2/c1-4-22(17,18)14(3)12-10(19-7(2)15)8(16)9(20-12)11-13-5-6-21-11/h5-6,16H,4H2,1-3H3. The van der Waals surface area contributed by atoms with Crippen LogP contribution in [0.1, 0.15) is 13.8 Å². The molecule has 2 aromatic rings. The Morgan fingerprint density at radius 1 is 1.55 bits per heavy atom. The third-order valence-corrected chi connectivity index (χ3v) is 5.27. The second-order valence-electron chi connectivity index (χ2n) is 4.21. The monoisotopic (exact) mass is 346 g/mol. The second-order valence-corrected chi connectivity index (χ2v) is 7.40. The van der Waals surface area contributed by atoms with Crippen LogP contribution >= 0.6 is 11.3 Å². The van der Waals surface area contributed by atoms with Crippen LogP contribution < -0.4 is 9.04 Å². The first kappa shape index (κ1) is 16.3. The zero-order valence-electron chi connectivity index (χ0n) is 12.1. The third kappa shape index (κ3) is 2.92. The highest BCUT2D eigenvalue weighted by Gasteiger charge is 2.31. The van der Waals surface area contributed by atoms with Gasteiger partial charge in [-0.15, -0.1) is 11.3 Å². The lowest BCUT2D eigenvalue weighted by Crippen LogP contribution is -2.28. The molecule has 22 heavy (non-hydrogen) atoms. The van der Waals surface area contributed by atoms with Gasteiger partial charge < -0.3 is 14.3 Å². The highest BCUT2D eigenvalue weighted by atomic mass is 32.2. The summed E-state index contributed by atoms with van der Waals surface area (Å²) < 4.78 is 35.1. The molecule has 120 valence electrons. The van der Waals surface area contributed by atoms with Crippen molar-refractivity contribution in [3.63, 3.8) is 0 Å². The van der Waals surface area contributed by atoms with Crippen LogP contribution in [0.5, 0.6) is 11.5 Å². The van der Waals surface area contributed by atoms with Gasteiger partial charge in [0.2, 0.25) is 27.3 Å². The number of carbonyl (C=O) groups is 1.